The molecule has 0 spiro atoms. The Hall–Kier alpha value is -0.920. The molecule has 2 heteroatoms. The normalized spacial score (nSPS) is 9.55. The zero-order valence-corrected chi connectivity index (χ0v) is 7.47. The molecule has 0 radical (unpaired) electrons. The van der Waals surface area contributed by atoms with Gasteiger partial charge in [-0.15, -0.1) is 0 Å². The van der Waals surface area contributed by atoms with Gasteiger partial charge in [0, 0.05) is 0 Å². The van der Waals surface area contributed by atoms with Gasteiger partial charge in [-0.3, -0.25) is 9.59 Å². The first kappa shape index (κ1) is 10.1. The number of ketones is 2. The standard InChI is InChI=1S/C9H14O2/c1-6(2)5-9(7(3)10)8(4)11/h5-6H,1-4H3. The number of rotatable bonds is 3. The van der Waals surface area contributed by atoms with Gasteiger partial charge in [0.1, 0.15) is 0 Å². The maximum absolute atomic E-state index is 10.8. The minimum absolute atomic E-state index is 0.147. The third kappa shape index (κ3) is 3.71. The summed E-state index contributed by atoms with van der Waals surface area (Å²) >= 11 is 0. The zero-order valence-electron chi connectivity index (χ0n) is 7.47. The van der Waals surface area contributed by atoms with E-state index in [1.165, 1.54) is 13.8 Å². The first-order valence-corrected chi connectivity index (χ1v) is 3.68. The number of carbonyl (C=O) groups is 2. The summed E-state index contributed by atoms with van der Waals surface area (Å²) in [4.78, 5) is 21.7. The Kier molecular flexibility index (Phi) is 3.72. The fourth-order valence-corrected chi connectivity index (χ4v) is 0.816. The lowest BCUT2D eigenvalue weighted by Crippen LogP contribution is -2.07. The van der Waals surface area contributed by atoms with Gasteiger partial charge in [-0.05, 0) is 19.8 Å². The minimum atomic E-state index is -0.147. The van der Waals surface area contributed by atoms with E-state index in [-0.39, 0.29) is 17.5 Å². The Labute approximate surface area is 67.3 Å². The highest BCUT2D eigenvalue weighted by Gasteiger charge is 2.08. The smallest absolute Gasteiger partial charge is 0.163 e. The van der Waals surface area contributed by atoms with Crippen LogP contribution in [0.3, 0.4) is 0 Å². The Morgan fingerprint density at radius 3 is 1.55 bits per heavy atom. The molecule has 0 atom stereocenters. The maximum atomic E-state index is 10.8. The first-order chi connectivity index (χ1) is 4.95. The highest BCUT2D eigenvalue weighted by Crippen LogP contribution is 2.04. The first-order valence-electron chi connectivity index (χ1n) is 3.68. The second-order valence-electron chi connectivity index (χ2n) is 2.94. The van der Waals surface area contributed by atoms with Crippen LogP contribution in [0.5, 0.6) is 0 Å². The molecular weight excluding hydrogens is 140 g/mol. The quantitative estimate of drug-likeness (QED) is 0.352. The van der Waals surface area contributed by atoms with Gasteiger partial charge in [0.25, 0.3) is 0 Å². The minimum Gasteiger partial charge on any atom is -0.294 e. The van der Waals surface area contributed by atoms with E-state index < -0.39 is 0 Å². The molecule has 0 aliphatic carbocycles. The molecular formula is C9H14O2. The molecule has 0 aliphatic heterocycles. The summed E-state index contributed by atoms with van der Waals surface area (Å²) in [6.45, 7) is 6.70. The topological polar surface area (TPSA) is 34.1 Å². The van der Waals surface area contributed by atoms with Gasteiger partial charge >= 0.3 is 0 Å². The Bertz CT molecular complexity index is 184. The Morgan fingerprint density at radius 2 is 1.45 bits per heavy atom. The number of hydrogen-bond acceptors (Lipinski definition) is 2. The van der Waals surface area contributed by atoms with Crippen LogP contribution in [0, 0.1) is 5.92 Å². The molecule has 0 amide bonds. The molecule has 0 aromatic heterocycles. The van der Waals surface area contributed by atoms with Gasteiger partial charge in [-0.1, -0.05) is 19.9 Å². The van der Waals surface area contributed by atoms with Crippen LogP contribution in [0.15, 0.2) is 11.6 Å². The molecule has 0 saturated heterocycles. The molecule has 0 fully saturated rings. The monoisotopic (exact) mass is 154 g/mol. The van der Waals surface area contributed by atoms with Crippen LogP contribution in [0.25, 0.3) is 0 Å². The van der Waals surface area contributed by atoms with Crippen LogP contribution in [0.1, 0.15) is 27.7 Å². The van der Waals surface area contributed by atoms with Crippen LogP contribution in [0.2, 0.25) is 0 Å². The Morgan fingerprint density at radius 1 is 1.09 bits per heavy atom. The summed E-state index contributed by atoms with van der Waals surface area (Å²) in [6, 6.07) is 0. The fraction of sp³-hybridized carbons (Fsp3) is 0.556. The molecule has 0 rings (SSSR count). The molecule has 0 aliphatic rings. The molecule has 2 nitrogen and oxygen atoms in total. The van der Waals surface area contributed by atoms with Crippen LogP contribution < -0.4 is 0 Å². The second-order valence-corrected chi connectivity index (χ2v) is 2.94. The van der Waals surface area contributed by atoms with Crippen molar-refractivity contribution in [2.75, 3.05) is 0 Å². The SMILES string of the molecule is CC(=O)C(=CC(C)C)C(C)=O. The van der Waals surface area contributed by atoms with Crippen molar-refractivity contribution < 1.29 is 9.59 Å². The number of Topliss-reactive ketones (excluding diaryl/α,β-unsaturated/α-hetero) is 2. The molecule has 0 bridgehead atoms. The van der Waals surface area contributed by atoms with Crippen LogP contribution in [0.4, 0.5) is 0 Å². The van der Waals surface area contributed by atoms with E-state index >= 15 is 0 Å². The summed E-state index contributed by atoms with van der Waals surface area (Å²) in [5.41, 5.74) is 0.319. The van der Waals surface area contributed by atoms with Crippen LogP contribution >= 0.6 is 0 Å². The molecule has 62 valence electrons. The van der Waals surface area contributed by atoms with Crippen molar-refractivity contribution in [3.8, 4) is 0 Å². The van der Waals surface area contributed by atoms with Crippen molar-refractivity contribution in [1.82, 2.24) is 0 Å². The van der Waals surface area contributed by atoms with Crippen molar-refractivity contribution in [2.24, 2.45) is 5.92 Å². The van der Waals surface area contributed by atoms with Gasteiger partial charge < -0.3 is 0 Å². The lowest BCUT2D eigenvalue weighted by atomic mass is 10.0. The molecule has 0 heterocycles. The molecule has 0 saturated carbocycles. The Balaban J connectivity index is 4.60. The summed E-state index contributed by atoms with van der Waals surface area (Å²) in [5, 5.41) is 0. The second kappa shape index (κ2) is 4.06. The van der Waals surface area contributed by atoms with E-state index in [0.717, 1.165) is 0 Å². The zero-order chi connectivity index (χ0) is 9.02. The van der Waals surface area contributed by atoms with Gasteiger partial charge in [0.05, 0.1) is 5.57 Å². The molecule has 0 N–H and O–H groups in total. The van der Waals surface area contributed by atoms with Crippen molar-refractivity contribution >= 4 is 11.6 Å². The fourth-order valence-electron chi connectivity index (χ4n) is 0.816. The largest absolute Gasteiger partial charge is 0.294 e. The predicted octanol–water partition coefficient (Wildman–Crippen LogP) is 1.75. The third-order valence-corrected chi connectivity index (χ3v) is 1.26. The maximum Gasteiger partial charge on any atom is 0.163 e. The predicted molar refractivity (Wildman–Crippen MR) is 44.3 cm³/mol. The van der Waals surface area contributed by atoms with E-state index in [1.54, 1.807) is 6.08 Å². The van der Waals surface area contributed by atoms with Crippen molar-refractivity contribution in [3.05, 3.63) is 11.6 Å². The lowest BCUT2D eigenvalue weighted by Gasteiger charge is -1.99. The summed E-state index contributed by atoms with van der Waals surface area (Å²) in [6.07, 6.45) is 1.70. The van der Waals surface area contributed by atoms with Crippen molar-refractivity contribution in [1.29, 1.82) is 0 Å². The summed E-state index contributed by atoms with van der Waals surface area (Å²) in [5.74, 6) is -0.0461. The van der Waals surface area contributed by atoms with Gasteiger partial charge in [-0.2, -0.15) is 0 Å². The average Bonchev–Trinajstić information content (AvgIpc) is 1.81. The van der Waals surface area contributed by atoms with Gasteiger partial charge in [0.15, 0.2) is 11.6 Å². The lowest BCUT2D eigenvalue weighted by molar-refractivity contribution is -0.119. The summed E-state index contributed by atoms with van der Waals surface area (Å²) < 4.78 is 0. The van der Waals surface area contributed by atoms with E-state index in [2.05, 4.69) is 0 Å². The molecule has 0 aromatic carbocycles. The number of carbonyl (C=O) groups excluding carboxylic acids is 2. The summed E-state index contributed by atoms with van der Waals surface area (Å²) in [7, 11) is 0. The molecule has 0 unspecified atom stereocenters. The van der Waals surface area contributed by atoms with E-state index in [0.29, 0.717) is 5.57 Å². The van der Waals surface area contributed by atoms with Crippen molar-refractivity contribution in [3.63, 3.8) is 0 Å². The van der Waals surface area contributed by atoms with Crippen LogP contribution in [-0.4, -0.2) is 11.6 Å². The highest BCUT2D eigenvalue weighted by atomic mass is 16.1. The van der Waals surface area contributed by atoms with E-state index in [4.69, 9.17) is 0 Å². The van der Waals surface area contributed by atoms with E-state index in [1.807, 2.05) is 13.8 Å². The average molecular weight is 154 g/mol. The highest BCUT2D eigenvalue weighted by molar-refractivity contribution is 6.18. The van der Waals surface area contributed by atoms with Gasteiger partial charge in [0.2, 0.25) is 0 Å². The third-order valence-electron chi connectivity index (χ3n) is 1.26. The molecule has 0 aromatic rings. The number of hydrogen-bond donors (Lipinski definition) is 0. The van der Waals surface area contributed by atoms with E-state index in [9.17, 15) is 9.59 Å². The van der Waals surface area contributed by atoms with Crippen molar-refractivity contribution in [2.45, 2.75) is 27.7 Å². The van der Waals surface area contributed by atoms with Gasteiger partial charge in [-0.25, -0.2) is 0 Å². The van der Waals surface area contributed by atoms with Crippen LogP contribution in [-0.2, 0) is 9.59 Å². The number of allylic oxidation sites excluding steroid dienone is 2. The molecule has 11 heavy (non-hydrogen) atoms.